The summed E-state index contributed by atoms with van der Waals surface area (Å²) in [6, 6.07) is 0.171. The van der Waals surface area contributed by atoms with Gasteiger partial charge in [0.05, 0.1) is 5.60 Å². The zero-order chi connectivity index (χ0) is 7.49. The summed E-state index contributed by atoms with van der Waals surface area (Å²) >= 11 is 0. The van der Waals surface area contributed by atoms with Gasteiger partial charge in [-0.05, 0) is 27.2 Å². The van der Waals surface area contributed by atoms with E-state index in [0.717, 1.165) is 0 Å². The molecule has 1 unspecified atom stereocenters. The van der Waals surface area contributed by atoms with E-state index < -0.39 is 5.60 Å². The van der Waals surface area contributed by atoms with Crippen molar-refractivity contribution >= 4 is 0 Å². The number of nitrogens with one attached hydrogen (secondary N) is 1. The van der Waals surface area contributed by atoms with E-state index in [0.29, 0.717) is 6.42 Å². The minimum Gasteiger partial charge on any atom is -0.390 e. The first-order valence-corrected chi connectivity index (χ1v) is 3.14. The third kappa shape index (κ3) is 5.76. The van der Waals surface area contributed by atoms with Crippen molar-refractivity contribution in [3.8, 4) is 0 Å². The summed E-state index contributed by atoms with van der Waals surface area (Å²) < 4.78 is 0. The van der Waals surface area contributed by atoms with Crippen LogP contribution >= 0.6 is 0 Å². The van der Waals surface area contributed by atoms with Crippen LogP contribution in [0.1, 0.15) is 27.2 Å². The van der Waals surface area contributed by atoms with E-state index in [1.165, 1.54) is 0 Å². The van der Waals surface area contributed by atoms with Gasteiger partial charge in [0, 0.05) is 6.04 Å². The molecule has 0 aliphatic carbocycles. The molecule has 0 saturated heterocycles. The first-order valence-electron chi connectivity index (χ1n) is 3.14. The highest BCUT2D eigenvalue weighted by molar-refractivity contribution is 4.71. The molecule has 0 rings (SSSR count). The molecule has 0 fully saturated rings. The quantitative estimate of drug-likeness (QED) is 0.374. The SMILES string of the molecule is CC(CC(C)(C)O)NN. The molecule has 0 amide bonds. The second-order valence-corrected chi connectivity index (χ2v) is 3.08. The minimum atomic E-state index is -0.619. The Labute approximate surface area is 56.2 Å². The van der Waals surface area contributed by atoms with Crippen LogP contribution in [0, 0.1) is 0 Å². The van der Waals surface area contributed by atoms with Gasteiger partial charge in [-0.1, -0.05) is 0 Å². The van der Waals surface area contributed by atoms with Crippen molar-refractivity contribution in [3.63, 3.8) is 0 Å². The Bertz CT molecular complexity index is 77.6. The molecule has 3 heteroatoms. The maximum atomic E-state index is 9.22. The number of nitrogens with two attached hydrogens (primary N) is 1. The Morgan fingerprint density at radius 3 is 2.22 bits per heavy atom. The molecule has 0 heterocycles. The first kappa shape index (κ1) is 8.88. The van der Waals surface area contributed by atoms with Gasteiger partial charge in [-0.2, -0.15) is 0 Å². The molecule has 0 spiro atoms. The Kier molecular flexibility index (Phi) is 3.11. The summed E-state index contributed by atoms with van der Waals surface area (Å²) in [6.07, 6.45) is 0.670. The molecule has 3 nitrogen and oxygen atoms in total. The number of aliphatic hydroxyl groups is 1. The summed E-state index contributed by atoms with van der Waals surface area (Å²) in [7, 11) is 0. The van der Waals surface area contributed by atoms with Gasteiger partial charge in [0.1, 0.15) is 0 Å². The van der Waals surface area contributed by atoms with Crippen LogP contribution in [0.5, 0.6) is 0 Å². The molecule has 0 aromatic rings. The second kappa shape index (κ2) is 3.15. The lowest BCUT2D eigenvalue weighted by molar-refractivity contribution is 0.0613. The van der Waals surface area contributed by atoms with Crippen molar-refractivity contribution < 1.29 is 5.11 Å². The summed E-state index contributed by atoms with van der Waals surface area (Å²) in [4.78, 5) is 0. The van der Waals surface area contributed by atoms with Gasteiger partial charge in [-0.3, -0.25) is 11.3 Å². The zero-order valence-corrected chi connectivity index (χ0v) is 6.31. The van der Waals surface area contributed by atoms with Crippen molar-refractivity contribution in [2.45, 2.75) is 38.8 Å². The topological polar surface area (TPSA) is 58.3 Å². The van der Waals surface area contributed by atoms with Crippen molar-refractivity contribution in [1.82, 2.24) is 5.43 Å². The number of rotatable bonds is 3. The van der Waals surface area contributed by atoms with E-state index >= 15 is 0 Å². The first-order chi connectivity index (χ1) is 3.95. The van der Waals surface area contributed by atoms with Crippen molar-refractivity contribution in [1.29, 1.82) is 0 Å². The lowest BCUT2D eigenvalue weighted by atomic mass is 10.0. The summed E-state index contributed by atoms with van der Waals surface area (Å²) in [5.41, 5.74) is 1.94. The van der Waals surface area contributed by atoms with Gasteiger partial charge in [0.15, 0.2) is 0 Å². The lowest BCUT2D eigenvalue weighted by Gasteiger charge is -2.20. The smallest absolute Gasteiger partial charge is 0.0607 e. The molecule has 0 aromatic carbocycles. The van der Waals surface area contributed by atoms with Crippen molar-refractivity contribution in [2.75, 3.05) is 0 Å². The van der Waals surface area contributed by atoms with E-state index in [4.69, 9.17) is 5.84 Å². The highest BCUT2D eigenvalue weighted by atomic mass is 16.3. The molecule has 0 aliphatic heterocycles. The van der Waals surface area contributed by atoms with E-state index in [1.54, 1.807) is 13.8 Å². The maximum Gasteiger partial charge on any atom is 0.0607 e. The molecule has 0 radical (unpaired) electrons. The molecule has 1 atom stereocenters. The van der Waals surface area contributed by atoms with E-state index in [-0.39, 0.29) is 6.04 Å². The number of hydrogen-bond acceptors (Lipinski definition) is 3. The van der Waals surface area contributed by atoms with E-state index in [9.17, 15) is 5.11 Å². The van der Waals surface area contributed by atoms with Crippen LogP contribution in [0.25, 0.3) is 0 Å². The Hall–Kier alpha value is -0.120. The van der Waals surface area contributed by atoms with Crippen LogP contribution in [0.4, 0.5) is 0 Å². The highest BCUT2D eigenvalue weighted by Gasteiger charge is 2.15. The molecular formula is C6H16N2O. The molecule has 0 saturated carbocycles. The largest absolute Gasteiger partial charge is 0.390 e. The van der Waals surface area contributed by atoms with E-state index in [2.05, 4.69) is 5.43 Å². The molecule has 4 N–H and O–H groups in total. The third-order valence-electron chi connectivity index (χ3n) is 1.09. The van der Waals surface area contributed by atoms with Crippen LogP contribution in [-0.4, -0.2) is 16.7 Å². The second-order valence-electron chi connectivity index (χ2n) is 3.08. The van der Waals surface area contributed by atoms with Gasteiger partial charge in [-0.15, -0.1) is 0 Å². The van der Waals surface area contributed by atoms with Crippen molar-refractivity contribution in [2.24, 2.45) is 5.84 Å². The van der Waals surface area contributed by atoms with Gasteiger partial charge in [-0.25, -0.2) is 0 Å². The molecule has 0 aromatic heterocycles. The standard InChI is InChI=1S/C6H16N2O/c1-5(8-7)4-6(2,3)9/h5,8-9H,4,7H2,1-3H3. The molecule has 9 heavy (non-hydrogen) atoms. The lowest BCUT2D eigenvalue weighted by Crippen LogP contribution is -2.38. The Balaban J connectivity index is 3.47. The zero-order valence-electron chi connectivity index (χ0n) is 6.31. The van der Waals surface area contributed by atoms with Gasteiger partial charge < -0.3 is 5.11 Å². The predicted molar refractivity (Wildman–Crippen MR) is 37.7 cm³/mol. The summed E-state index contributed by atoms with van der Waals surface area (Å²) in [6.45, 7) is 5.46. The molecular weight excluding hydrogens is 116 g/mol. The maximum absolute atomic E-state index is 9.22. The summed E-state index contributed by atoms with van der Waals surface area (Å²) in [5, 5.41) is 9.22. The normalized spacial score (nSPS) is 15.7. The van der Waals surface area contributed by atoms with Crippen LogP contribution in [0.3, 0.4) is 0 Å². The van der Waals surface area contributed by atoms with Gasteiger partial charge in [0.25, 0.3) is 0 Å². The average molecular weight is 132 g/mol. The number of hydrazine groups is 1. The Morgan fingerprint density at radius 1 is 1.67 bits per heavy atom. The van der Waals surface area contributed by atoms with E-state index in [1.807, 2.05) is 6.92 Å². The van der Waals surface area contributed by atoms with Crippen LogP contribution < -0.4 is 11.3 Å². The van der Waals surface area contributed by atoms with Gasteiger partial charge in [0.2, 0.25) is 0 Å². The molecule has 0 bridgehead atoms. The molecule has 0 aliphatic rings. The van der Waals surface area contributed by atoms with Crippen LogP contribution in [-0.2, 0) is 0 Å². The van der Waals surface area contributed by atoms with Crippen LogP contribution in [0.2, 0.25) is 0 Å². The minimum absolute atomic E-state index is 0.171. The monoisotopic (exact) mass is 132 g/mol. The van der Waals surface area contributed by atoms with Crippen molar-refractivity contribution in [3.05, 3.63) is 0 Å². The fraction of sp³-hybridized carbons (Fsp3) is 1.00. The predicted octanol–water partition coefficient (Wildman–Crippen LogP) is -0.000800. The fourth-order valence-electron chi connectivity index (χ4n) is 0.808. The highest BCUT2D eigenvalue weighted by Crippen LogP contribution is 2.08. The fourth-order valence-corrected chi connectivity index (χ4v) is 0.808. The average Bonchev–Trinajstić information content (AvgIpc) is 1.62. The van der Waals surface area contributed by atoms with Crippen LogP contribution in [0.15, 0.2) is 0 Å². The van der Waals surface area contributed by atoms with Gasteiger partial charge >= 0.3 is 0 Å². The summed E-state index contributed by atoms with van der Waals surface area (Å²) in [5.74, 6) is 5.12. The molecule has 56 valence electrons. The number of hydrogen-bond donors (Lipinski definition) is 3. The Morgan fingerprint density at radius 2 is 2.11 bits per heavy atom. The third-order valence-corrected chi connectivity index (χ3v) is 1.09.